The van der Waals surface area contributed by atoms with Crippen molar-refractivity contribution in [2.45, 2.75) is 52.0 Å². The van der Waals surface area contributed by atoms with Crippen molar-refractivity contribution < 1.29 is 13.2 Å². The van der Waals surface area contributed by atoms with Crippen LogP contribution >= 0.6 is 0 Å². The molecule has 6 nitrogen and oxygen atoms in total. The minimum Gasteiger partial charge on any atom is -0.338 e. The lowest BCUT2D eigenvalue weighted by Crippen LogP contribution is -2.55. The number of nitrogens with zero attached hydrogens (tertiary/aromatic N) is 3. The SMILES string of the molecule is CC1CC(C)CN(S(=O)(=O)N2CCCC(N3CCCC3=O)C2)C1. The van der Waals surface area contributed by atoms with E-state index in [1.54, 1.807) is 8.61 Å². The van der Waals surface area contributed by atoms with E-state index >= 15 is 0 Å². The van der Waals surface area contributed by atoms with E-state index in [9.17, 15) is 13.2 Å². The minimum absolute atomic E-state index is 0.0631. The number of rotatable bonds is 3. The second-order valence-electron chi connectivity index (χ2n) is 7.62. The number of hydrogen-bond donors (Lipinski definition) is 0. The molecule has 23 heavy (non-hydrogen) atoms. The van der Waals surface area contributed by atoms with Crippen molar-refractivity contribution in [2.75, 3.05) is 32.7 Å². The molecule has 3 unspecified atom stereocenters. The highest BCUT2D eigenvalue weighted by molar-refractivity contribution is 7.86. The predicted octanol–water partition coefficient (Wildman–Crippen LogP) is 1.30. The van der Waals surface area contributed by atoms with Crippen molar-refractivity contribution in [2.24, 2.45) is 11.8 Å². The van der Waals surface area contributed by atoms with E-state index in [0.29, 0.717) is 44.4 Å². The quantitative estimate of drug-likeness (QED) is 0.776. The van der Waals surface area contributed by atoms with E-state index in [1.807, 2.05) is 4.90 Å². The van der Waals surface area contributed by atoms with E-state index in [2.05, 4.69) is 13.8 Å². The van der Waals surface area contributed by atoms with Crippen LogP contribution in [0.3, 0.4) is 0 Å². The first kappa shape index (κ1) is 17.2. The molecule has 3 aliphatic rings. The van der Waals surface area contributed by atoms with Crippen LogP contribution in [0.25, 0.3) is 0 Å². The first-order valence-corrected chi connectivity index (χ1v) is 10.3. The Hall–Kier alpha value is -0.660. The Morgan fingerprint density at radius 2 is 1.65 bits per heavy atom. The van der Waals surface area contributed by atoms with Gasteiger partial charge in [-0.3, -0.25) is 4.79 Å². The summed E-state index contributed by atoms with van der Waals surface area (Å²) in [7, 11) is -3.40. The summed E-state index contributed by atoms with van der Waals surface area (Å²) in [5, 5.41) is 0. The molecular weight excluding hydrogens is 314 g/mol. The first-order valence-electron chi connectivity index (χ1n) is 8.92. The normalized spacial score (nSPS) is 35.0. The molecule has 3 fully saturated rings. The molecule has 0 spiro atoms. The van der Waals surface area contributed by atoms with Crippen molar-refractivity contribution in [1.82, 2.24) is 13.5 Å². The molecule has 0 aromatic rings. The molecule has 3 saturated heterocycles. The van der Waals surface area contributed by atoms with E-state index in [4.69, 9.17) is 0 Å². The summed E-state index contributed by atoms with van der Waals surface area (Å²) in [4.78, 5) is 13.9. The molecule has 0 aromatic carbocycles. The Morgan fingerprint density at radius 1 is 0.957 bits per heavy atom. The van der Waals surface area contributed by atoms with Gasteiger partial charge in [-0.05, 0) is 37.5 Å². The molecule has 0 radical (unpaired) electrons. The van der Waals surface area contributed by atoms with Gasteiger partial charge in [-0.15, -0.1) is 0 Å². The van der Waals surface area contributed by atoms with Crippen molar-refractivity contribution in [3.05, 3.63) is 0 Å². The van der Waals surface area contributed by atoms with E-state index in [-0.39, 0.29) is 11.9 Å². The van der Waals surface area contributed by atoms with Crippen LogP contribution in [0.5, 0.6) is 0 Å². The van der Waals surface area contributed by atoms with Crippen LogP contribution in [0.2, 0.25) is 0 Å². The highest BCUT2D eigenvalue weighted by Gasteiger charge is 2.39. The summed E-state index contributed by atoms with van der Waals surface area (Å²) < 4.78 is 29.3. The summed E-state index contributed by atoms with van der Waals surface area (Å²) in [5.41, 5.74) is 0. The van der Waals surface area contributed by atoms with Crippen LogP contribution < -0.4 is 0 Å². The smallest absolute Gasteiger partial charge is 0.282 e. The van der Waals surface area contributed by atoms with E-state index in [1.165, 1.54) is 0 Å². The number of carbonyl (C=O) groups is 1. The summed E-state index contributed by atoms with van der Waals surface area (Å²) in [6, 6.07) is 0.0631. The Bertz CT molecular complexity index is 541. The average molecular weight is 343 g/mol. The summed E-state index contributed by atoms with van der Waals surface area (Å²) in [5.74, 6) is 1.01. The molecular formula is C16H29N3O3S. The second-order valence-corrected chi connectivity index (χ2v) is 9.54. The Labute approximate surface area is 140 Å². The van der Waals surface area contributed by atoms with Gasteiger partial charge in [-0.25, -0.2) is 0 Å². The lowest BCUT2D eigenvalue weighted by molar-refractivity contribution is -0.130. The molecule has 0 aliphatic carbocycles. The lowest BCUT2D eigenvalue weighted by atomic mass is 9.94. The molecule has 3 heterocycles. The fraction of sp³-hybridized carbons (Fsp3) is 0.938. The standard InChI is InChI=1S/C16H29N3O3S/c1-13-9-14(2)11-18(10-13)23(21,22)17-7-3-5-15(12-17)19-8-4-6-16(19)20/h13-15H,3-12H2,1-2H3. The number of amides is 1. The van der Waals surface area contributed by atoms with Gasteiger partial charge in [0.2, 0.25) is 5.91 Å². The van der Waals surface area contributed by atoms with Gasteiger partial charge in [0.25, 0.3) is 10.2 Å². The van der Waals surface area contributed by atoms with Crippen LogP contribution in [0.4, 0.5) is 0 Å². The molecule has 0 aromatic heterocycles. The third-order valence-corrected chi connectivity index (χ3v) is 7.33. The molecule has 3 atom stereocenters. The Morgan fingerprint density at radius 3 is 2.26 bits per heavy atom. The predicted molar refractivity (Wildman–Crippen MR) is 89.0 cm³/mol. The molecule has 132 valence electrons. The van der Waals surface area contributed by atoms with Crippen molar-refractivity contribution in [1.29, 1.82) is 0 Å². The van der Waals surface area contributed by atoms with Crippen LogP contribution in [0, 0.1) is 11.8 Å². The highest BCUT2D eigenvalue weighted by Crippen LogP contribution is 2.28. The lowest BCUT2D eigenvalue weighted by Gasteiger charge is -2.41. The van der Waals surface area contributed by atoms with Gasteiger partial charge in [0.1, 0.15) is 0 Å². The maximum Gasteiger partial charge on any atom is 0.282 e. The van der Waals surface area contributed by atoms with Gasteiger partial charge in [0.05, 0.1) is 0 Å². The average Bonchev–Trinajstić information content (AvgIpc) is 2.92. The van der Waals surface area contributed by atoms with Crippen LogP contribution in [-0.2, 0) is 15.0 Å². The summed E-state index contributed by atoms with van der Waals surface area (Å²) in [6.45, 7) is 7.33. The maximum absolute atomic E-state index is 13.0. The molecule has 3 aliphatic heterocycles. The van der Waals surface area contributed by atoms with Gasteiger partial charge in [0, 0.05) is 45.2 Å². The Balaban J connectivity index is 1.70. The van der Waals surface area contributed by atoms with Gasteiger partial charge in [0.15, 0.2) is 0 Å². The summed E-state index contributed by atoms with van der Waals surface area (Å²) >= 11 is 0. The fourth-order valence-electron chi connectivity index (χ4n) is 4.40. The number of piperidine rings is 2. The molecule has 1 amide bonds. The molecule has 3 rings (SSSR count). The third kappa shape index (κ3) is 3.56. The number of hydrogen-bond acceptors (Lipinski definition) is 3. The fourth-order valence-corrected chi connectivity index (χ4v) is 6.33. The molecule has 0 N–H and O–H groups in total. The largest absolute Gasteiger partial charge is 0.338 e. The van der Waals surface area contributed by atoms with Crippen LogP contribution in [0.15, 0.2) is 0 Å². The third-order valence-electron chi connectivity index (χ3n) is 5.40. The van der Waals surface area contributed by atoms with Crippen LogP contribution in [0.1, 0.15) is 46.0 Å². The van der Waals surface area contributed by atoms with Gasteiger partial charge >= 0.3 is 0 Å². The zero-order valence-corrected chi connectivity index (χ0v) is 15.1. The van der Waals surface area contributed by atoms with Gasteiger partial charge < -0.3 is 4.90 Å². The second kappa shape index (κ2) is 6.69. The number of carbonyl (C=O) groups excluding carboxylic acids is 1. The molecule has 0 bridgehead atoms. The number of likely N-dealkylation sites (tertiary alicyclic amines) is 1. The minimum atomic E-state index is -3.40. The Kier molecular flexibility index (Phi) is 4.99. The van der Waals surface area contributed by atoms with Crippen molar-refractivity contribution in [3.63, 3.8) is 0 Å². The van der Waals surface area contributed by atoms with Gasteiger partial charge in [-0.1, -0.05) is 13.8 Å². The summed E-state index contributed by atoms with van der Waals surface area (Å²) in [6.07, 6.45) is 4.38. The zero-order valence-electron chi connectivity index (χ0n) is 14.3. The van der Waals surface area contributed by atoms with E-state index in [0.717, 1.165) is 32.2 Å². The molecule has 7 heteroatoms. The molecule has 0 saturated carbocycles. The van der Waals surface area contributed by atoms with Crippen molar-refractivity contribution >= 4 is 16.1 Å². The first-order chi connectivity index (χ1) is 10.9. The highest BCUT2D eigenvalue weighted by atomic mass is 32.2. The zero-order chi connectivity index (χ0) is 16.6. The maximum atomic E-state index is 13.0. The van der Waals surface area contributed by atoms with Crippen molar-refractivity contribution in [3.8, 4) is 0 Å². The van der Waals surface area contributed by atoms with E-state index < -0.39 is 10.2 Å². The van der Waals surface area contributed by atoms with Crippen LogP contribution in [-0.4, -0.2) is 66.6 Å². The monoisotopic (exact) mass is 343 g/mol. The topological polar surface area (TPSA) is 60.9 Å². The van der Waals surface area contributed by atoms with Gasteiger partial charge in [-0.2, -0.15) is 17.0 Å².